The Morgan fingerprint density at radius 3 is 2.90 bits per heavy atom. The maximum absolute atomic E-state index is 13.4. The molecule has 1 fully saturated rings. The highest BCUT2D eigenvalue weighted by Crippen LogP contribution is 2.48. The lowest BCUT2D eigenvalue weighted by molar-refractivity contribution is -0.146. The van der Waals surface area contributed by atoms with Crippen molar-refractivity contribution in [1.29, 1.82) is 0 Å². The van der Waals surface area contributed by atoms with Crippen LogP contribution in [0.4, 0.5) is 4.39 Å². The Bertz CT molecular complexity index is 692. The average Bonchev–Trinajstić information content (AvgIpc) is 3.13. The van der Waals surface area contributed by atoms with Gasteiger partial charge in [0, 0.05) is 5.56 Å². The van der Waals surface area contributed by atoms with Gasteiger partial charge in [0.2, 0.25) is 11.7 Å². The number of halogens is 1. The summed E-state index contributed by atoms with van der Waals surface area (Å²) >= 11 is 0. The van der Waals surface area contributed by atoms with Gasteiger partial charge < -0.3 is 9.26 Å². The van der Waals surface area contributed by atoms with E-state index < -0.39 is 5.41 Å². The summed E-state index contributed by atoms with van der Waals surface area (Å²) in [5.41, 5.74) is 0.594. The van der Waals surface area contributed by atoms with Gasteiger partial charge in [-0.25, -0.2) is 4.39 Å². The molecular weight excluding hydrogens is 275 g/mol. The molecule has 1 aliphatic carbocycles. The van der Waals surface area contributed by atoms with Gasteiger partial charge >= 0.3 is 5.97 Å². The molecule has 1 saturated carbocycles. The Kier molecular flexibility index (Phi) is 3.23. The summed E-state index contributed by atoms with van der Waals surface area (Å²) in [7, 11) is 0. The molecule has 0 unspecified atom stereocenters. The summed E-state index contributed by atoms with van der Waals surface area (Å²) in [5, 5.41) is 3.88. The molecule has 1 aromatic carbocycles. The highest BCUT2D eigenvalue weighted by Gasteiger charge is 2.57. The van der Waals surface area contributed by atoms with Gasteiger partial charge in [-0.05, 0) is 44.4 Å². The van der Waals surface area contributed by atoms with Gasteiger partial charge in [-0.3, -0.25) is 4.79 Å². The van der Waals surface area contributed by atoms with Gasteiger partial charge in [-0.1, -0.05) is 11.2 Å². The molecule has 0 radical (unpaired) electrons. The Labute approximate surface area is 121 Å². The fourth-order valence-corrected chi connectivity index (χ4v) is 2.26. The van der Waals surface area contributed by atoms with Gasteiger partial charge in [0.25, 0.3) is 0 Å². The number of carbonyl (C=O) groups is 1. The van der Waals surface area contributed by atoms with E-state index >= 15 is 0 Å². The predicted molar refractivity (Wildman–Crippen MR) is 72.0 cm³/mol. The monoisotopic (exact) mass is 290 g/mol. The number of rotatable bonds is 4. The van der Waals surface area contributed by atoms with Crippen molar-refractivity contribution in [2.45, 2.75) is 32.1 Å². The van der Waals surface area contributed by atoms with Crippen molar-refractivity contribution in [3.8, 4) is 11.4 Å². The number of carbonyl (C=O) groups excluding carboxylic acids is 1. The number of aryl methyl sites for hydroxylation is 1. The zero-order valence-electron chi connectivity index (χ0n) is 11.9. The van der Waals surface area contributed by atoms with E-state index in [4.69, 9.17) is 9.26 Å². The van der Waals surface area contributed by atoms with Crippen LogP contribution in [0.1, 0.15) is 31.2 Å². The van der Waals surface area contributed by atoms with E-state index in [0.29, 0.717) is 25.0 Å². The van der Waals surface area contributed by atoms with Gasteiger partial charge in [-0.15, -0.1) is 0 Å². The molecule has 0 spiro atoms. The van der Waals surface area contributed by atoms with E-state index in [-0.39, 0.29) is 23.5 Å². The number of aromatic nitrogens is 2. The first kappa shape index (κ1) is 13.7. The van der Waals surface area contributed by atoms with E-state index in [9.17, 15) is 9.18 Å². The summed E-state index contributed by atoms with van der Waals surface area (Å²) in [6, 6.07) is 4.38. The minimum Gasteiger partial charge on any atom is -0.465 e. The van der Waals surface area contributed by atoms with Crippen LogP contribution in [-0.4, -0.2) is 22.7 Å². The molecule has 1 aliphatic rings. The zero-order valence-corrected chi connectivity index (χ0v) is 11.9. The van der Waals surface area contributed by atoms with Crippen molar-refractivity contribution < 1.29 is 18.4 Å². The maximum atomic E-state index is 13.4. The van der Waals surface area contributed by atoms with Crippen LogP contribution < -0.4 is 0 Å². The highest BCUT2D eigenvalue weighted by atomic mass is 19.1. The van der Waals surface area contributed by atoms with E-state index in [1.165, 1.54) is 12.1 Å². The van der Waals surface area contributed by atoms with Crippen LogP contribution in [0.2, 0.25) is 0 Å². The summed E-state index contributed by atoms with van der Waals surface area (Å²) in [6.07, 6.45) is 1.27. The first-order valence-electron chi connectivity index (χ1n) is 6.85. The molecule has 0 aliphatic heterocycles. The first-order chi connectivity index (χ1) is 10.1. The first-order valence-corrected chi connectivity index (χ1v) is 6.85. The number of ether oxygens (including phenoxy) is 1. The molecule has 0 amide bonds. The second kappa shape index (κ2) is 4.95. The van der Waals surface area contributed by atoms with E-state index in [2.05, 4.69) is 10.1 Å². The topological polar surface area (TPSA) is 65.2 Å². The second-order valence-electron chi connectivity index (χ2n) is 5.18. The van der Waals surface area contributed by atoms with Crippen LogP contribution >= 0.6 is 0 Å². The molecule has 21 heavy (non-hydrogen) atoms. The predicted octanol–water partition coefficient (Wildman–Crippen LogP) is 2.78. The lowest BCUT2D eigenvalue weighted by Crippen LogP contribution is -2.23. The zero-order chi connectivity index (χ0) is 15.0. The molecule has 2 aromatic rings. The summed E-state index contributed by atoms with van der Waals surface area (Å²) in [6.45, 7) is 3.90. The van der Waals surface area contributed by atoms with Crippen molar-refractivity contribution in [1.82, 2.24) is 10.1 Å². The molecular formula is C15H15FN2O3. The Balaban J connectivity index is 1.94. The molecule has 5 nitrogen and oxygen atoms in total. The number of benzene rings is 1. The molecule has 3 rings (SSSR count). The SMILES string of the molecule is CCOC(=O)C1(c2nc(-c3cc(F)ccc3C)no2)CC1. The van der Waals surface area contributed by atoms with Crippen molar-refractivity contribution in [3.63, 3.8) is 0 Å². The number of nitrogens with zero attached hydrogens (tertiary/aromatic N) is 2. The van der Waals surface area contributed by atoms with Gasteiger partial charge in [0.15, 0.2) is 0 Å². The number of esters is 1. The highest BCUT2D eigenvalue weighted by molar-refractivity contribution is 5.85. The smallest absolute Gasteiger partial charge is 0.321 e. The van der Waals surface area contributed by atoms with E-state index in [1.54, 1.807) is 13.0 Å². The third kappa shape index (κ3) is 2.30. The Morgan fingerprint density at radius 2 is 2.24 bits per heavy atom. The minimum absolute atomic E-state index is 0.250. The van der Waals surface area contributed by atoms with Crippen molar-refractivity contribution in [2.75, 3.05) is 6.61 Å². The summed E-state index contributed by atoms with van der Waals surface area (Å²) in [4.78, 5) is 16.3. The third-order valence-corrected chi connectivity index (χ3v) is 3.69. The second-order valence-corrected chi connectivity index (χ2v) is 5.18. The minimum atomic E-state index is -0.803. The van der Waals surface area contributed by atoms with Crippen LogP contribution in [0.15, 0.2) is 22.7 Å². The molecule has 6 heteroatoms. The van der Waals surface area contributed by atoms with Gasteiger partial charge in [0.05, 0.1) is 6.61 Å². The Hall–Kier alpha value is -2.24. The molecule has 1 aromatic heterocycles. The lowest BCUT2D eigenvalue weighted by atomic mass is 10.1. The van der Waals surface area contributed by atoms with Crippen molar-refractivity contribution in [2.24, 2.45) is 0 Å². The quantitative estimate of drug-likeness (QED) is 0.810. The normalized spacial score (nSPS) is 15.8. The molecule has 0 N–H and O–H groups in total. The molecule has 0 saturated heterocycles. The van der Waals surface area contributed by atoms with E-state index in [1.807, 2.05) is 6.92 Å². The largest absolute Gasteiger partial charge is 0.465 e. The molecule has 1 heterocycles. The van der Waals surface area contributed by atoms with Gasteiger partial charge in [-0.2, -0.15) is 4.98 Å². The standard InChI is InChI=1S/C15H15FN2O3/c1-3-20-14(19)15(6-7-15)13-17-12(18-21-13)11-8-10(16)5-4-9(11)2/h4-5,8H,3,6-7H2,1-2H3. The summed E-state index contributed by atoms with van der Waals surface area (Å²) in [5.74, 6) is -0.165. The van der Waals surface area contributed by atoms with E-state index in [0.717, 1.165) is 5.56 Å². The lowest BCUT2D eigenvalue weighted by Gasteiger charge is -2.08. The summed E-state index contributed by atoms with van der Waals surface area (Å²) < 4.78 is 23.6. The van der Waals surface area contributed by atoms with Crippen LogP contribution in [0.3, 0.4) is 0 Å². The van der Waals surface area contributed by atoms with Crippen molar-refractivity contribution in [3.05, 3.63) is 35.5 Å². The molecule has 110 valence electrons. The van der Waals surface area contributed by atoms with Crippen LogP contribution in [0, 0.1) is 12.7 Å². The van der Waals surface area contributed by atoms with Crippen molar-refractivity contribution >= 4 is 5.97 Å². The molecule has 0 atom stereocenters. The van der Waals surface area contributed by atoms with Crippen LogP contribution in [0.5, 0.6) is 0 Å². The maximum Gasteiger partial charge on any atom is 0.321 e. The van der Waals surface area contributed by atoms with Gasteiger partial charge in [0.1, 0.15) is 11.2 Å². The third-order valence-electron chi connectivity index (χ3n) is 3.69. The van der Waals surface area contributed by atoms with Crippen LogP contribution in [-0.2, 0) is 14.9 Å². The fourth-order valence-electron chi connectivity index (χ4n) is 2.26. The fraction of sp³-hybridized carbons (Fsp3) is 0.400. The van der Waals surface area contributed by atoms with Crippen LogP contribution in [0.25, 0.3) is 11.4 Å². The molecule has 0 bridgehead atoms. The average molecular weight is 290 g/mol. The number of hydrogen-bond acceptors (Lipinski definition) is 5. The number of hydrogen-bond donors (Lipinski definition) is 0. The Morgan fingerprint density at radius 1 is 1.48 bits per heavy atom.